The van der Waals surface area contributed by atoms with Crippen LogP contribution in [0.15, 0.2) is 35.3 Å². The number of anilines is 2. The minimum atomic E-state index is -4.41. The number of fused-ring (bicyclic) bond motifs is 1. The molecule has 2 fully saturated rings. The molecule has 2 atom stereocenters. The lowest BCUT2D eigenvalue weighted by Gasteiger charge is -2.23. The van der Waals surface area contributed by atoms with Crippen LogP contribution >= 0.6 is 0 Å². The highest BCUT2D eigenvalue weighted by Crippen LogP contribution is 2.36. The molecule has 2 aromatic heterocycles. The lowest BCUT2D eigenvalue weighted by atomic mass is 10.0. The number of pyridine rings is 1. The van der Waals surface area contributed by atoms with E-state index in [0.717, 1.165) is 43.8 Å². The highest BCUT2D eigenvalue weighted by atomic mass is 19.4. The van der Waals surface area contributed by atoms with Crippen molar-refractivity contribution in [3.8, 4) is 0 Å². The van der Waals surface area contributed by atoms with Gasteiger partial charge in [0.25, 0.3) is 5.56 Å². The van der Waals surface area contributed by atoms with Crippen LogP contribution in [0.2, 0.25) is 0 Å². The molecule has 0 amide bonds. The van der Waals surface area contributed by atoms with Gasteiger partial charge in [-0.1, -0.05) is 0 Å². The number of aryl methyl sites for hydroxylation is 1. The average Bonchev–Trinajstić information content (AvgIpc) is 3.15. The van der Waals surface area contributed by atoms with Gasteiger partial charge < -0.3 is 9.80 Å². The second-order valence-corrected chi connectivity index (χ2v) is 6.88. The van der Waals surface area contributed by atoms with Crippen LogP contribution < -0.4 is 15.4 Å². The fraction of sp³-hybridized carbons (Fsp3) is 0.471. The molecule has 2 unspecified atom stereocenters. The van der Waals surface area contributed by atoms with Crippen molar-refractivity contribution in [2.45, 2.75) is 6.18 Å². The topological polar surface area (TPSA) is 54.3 Å². The summed E-state index contributed by atoms with van der Waals surface area (Å²) >= 11 is 0. The molecule has 2 aliphatic heterocycles. The molecule has 2 aliphatic rings. The van der Waals surface area contributed by atoms with Crippen LogP contribution in [-0.2, 0) is 13.2 Å². The van der Waals surface area contributed by atoms with Crippen LogP contribution in [0, 0.1) is 11.8 Å². The van der Waals surface area contributed by atoms with Gasteiger partial charge in [-0.15, -0.1) is 0 Å². The van der Waals surface area contributed by atoms with E-state index in [-0.39, 0.29) is 5.56 Å². The summed E-state index contributed by atoms with van der Waals surface area (Å²) in [6.07, 6.45) is -3.11. The summed E-state index contributed by atoms with van der Waals surface area (Å²) < 4.78 is 39.2. The molecule has 0 aromatic carbocycles. The highest BCUT2D eigenvalue weighted by molar-refractivity contribution is 5.48. The van der Waals surface area contributed by atoms with Gasteiger partial charge in [-0.2, -0.15) is 18.3 Å². The number of nitrogens with zero attached hydrogens (tertiary/aromatic N) is 5. The first-order chi connectivity index (χ1) is 12.3. The third-order valence-electron chi connectivity index (χ3n) is 5.16. The van der Waals surface area contributed by atoms with E-state index >= 15 is 0 Å². The summed E-state index contributed by atoms with van der Waals surface area (Å²) in [6.45, 7) is 3.20. The molecular formula is C17H18F3N5O. The minimum absolute atomic E-state index is 0.144. The molecule has 2 saturated heterocycles. The normalized spacial score (nSPS) is 22.8. The van der Waals surface area contributed by atoms with Crippen LogP contribution in [-0.4, -0.2) is 40.9 Å². The third-order valence-corrected chi connectivity index (χ3v) is 5.16. The summed E-state index contributed by atoms with van der Waals surface area (Å²) in [6, 6.07) is 5.77. The van der Waals surface area contributed by atoms with Crippen molar-refractivity contribution in [1.82, 2.24) is 14.8 Å². The molecule has 4 heterocycles. The van der Waals surface area contributed by atoms with Gasteiger partial charge in [0.1, 0.15) is 11.5 Å². The maximum Gasteiger partial charge on any atom is 0.433 e. The molecular weight excluding hydrogens is 347 g/mol. The van der Waals surface area contributed by atoms with E-state index in [4.69, 9.17) is 0 Å². The monoisotopic (exact) mass is 365 g/mol. The highest BCUT2D eigenvalue weighted by Gasteiger charge is 2.41. The summed E-state index contributed by atoms with van der Waals surface area (Å²) in [4.78, 5) is 19.3. The van der Waals surface area contributed by atoms with Crippen molar-refractivity contribution in [3.05, 3.63) is 46.5 Å². The second-order valence-electron chi connectivity index (χ2n) is 6.88. The lowest BCUT2D eigenvalue weighted by Crippen LogP contribution is -2.31. The van der Waals surface area contributed by atoms with Crippen molar-refractivity contribution < 1.29 is 13.2 Å². The van der Waals surface area contributed by atoms with Gasteiger partial charge in [-0.25, -0.2) is 9.67 Å². The molecule has 0 spiro atoms. The lowest BCUT2D eigenvalue weighted by molar-refractivity contribution is -0.141. The van der Waals surface area contributed by atoms with E-state index in [9.17, 15) is 18.0 Å². The SMILES string of the molecule is Cn1nc(N2CC3CN(c4ccc(C(F)(F)F)nc4)CC3C2)ccc1=O. The van der Waals surface area contributed by atoms with E-state index in [1.165, 1.54) is 23.0 Å². The largest absolute Gasteiger partial charge is 0.433 e. The quantitative estimate of drug-likeness (QED) is 0.812. The molecule has 138 valence electrons. The maximum atomic E-state index is 12.6. The molecule has 2 aromatic rings. The first-order valence-electron chi connectivity index (χ1n) is 8.39. The van der Waals surface area contributed by atoms with Crippen molar-refractivity contribution in [2.75, 3.05) is 36.0 Å². The molecule has 0 N–H and O–H groups in total. The predicted molar refractivity (Wildman–Crippen MR) is 90.1 cm³/mol. The molecule has 0 aliphatic carbocycles. The third kappa shape index (κ3) is 3.02. The van der Waals surface area contributed by atoms with E-state index < -0.39 is 11.9 Å². The van der Waals surface area contributed by atoms with Crippen LogP contribution in [0.3, 0.4) is 0 Å². The smallest absolute Gasteiger partial charge is 0.370 e. The van der Waals surface area contributed by atoms with E-state index in [1.807, 2.05) is 0 Å². The number of aromatic nitrogens is 3. The number of rotatable bonds is 2. The number of alkyl halides is 3. The summed E-state index contributed by atoms with van der Waals surface area (Å²) in [5, 5.41) is 4.29. The van der Waals surface area contributed by atoms with Crippen LogP contribution in [0.4, 0.5) is 24.7 Å². The Bertz CT molecular complexity index is 850. The van der Waals surface area contributed by atoms with Crippen molar-refractivity contribution in [1.29, 1.82) is 0 Å². The molecule has 26 heavy (non-hydrogen) atoms. The van der Waals surface area contributed by atoms with Crippen molar-refractivity contribution in [2.24, 2.45) is 18.9 Å². The van der Waals surface area contributed by atoms with Gasteiger partial charge in [-0.3, -0.25) is 4.79 Å². The number of hydrogen-bond donors (Lipinski definition) is 0. The van der Waals surface area contributed by atoms with E-state index in [0.29, 0.717) is 11.8 Å². The second kappa shape index (κ2) is 6.00. The first-order valence-corrected chi connectivity index (χ1v) is 8.39. The molecule has 0 saturated carbocycles. The molecule has 0 bridgehead atoms. The maximum absolute atomic E-state index is 12.6. The van der Waals surface area contributed by atoms with Gasteiger partial charge in [0.05, 0.1) is 11.9 Å². The zero-order valence-electron chi connectivity index (χ0n) is 14.1. The van der Waals surface area contributed by atoms with Crippen molar-refractivity contribution >= 4 is 11.5 Å². The summed E-state index contributed by atoms with van der Waals surface area (Å²) in [7, 11) is 1.63. The summed E-state index contributed by atoms with van der Waals surface area (Å²) in [5.74, 6) is 1.61. The van der Waals surface area contributed by atoms with Gasteiger partial charge in [0, 0.05) is 51.1 Å². The Hall–Kier alpha value is -2.58. The zero-order valence-corrected chi connectivity index (χ0v) is 14.1. The Kier molecular flexibility index (Phi) is 3.89. The standard InChI is InChI=1S/C17H18F3N5O/c1-23-16(26)5-4-15(22-23)25-9-11-7-24(8-12(11)10-25)13-2-3-14(21-6-13)17(18,19)20/h2-6,11-12H,7-10H2,1H3. The fourth-order valence-electron chi connectivity index (χ4n) is 3.79. The van der Waals surface area contributed by atoms with Crippen LogP contribution in [0.25, 0.3) is 0 Å². The van der Waals surface area contributed by atoms with E-state index in [2.05, 4.69) is 19.9 Å². The zero-order chi connectivity index (χ0) is 18.5. The number of hydrogen-bond acceptors (Lipinski definition) is 5. The van der Waals surface area contributed by atoms with Crippen LogP contribution in [0.5, 0.6) is 0 Å². The average molecular weight is 365 g/mol. The molecule has 0 radical (unpaired) electrons. The Morgan fingerprint density at radius 2 is 1.65 bits per heavy atom. The van der Waals surface area contributed by atoms with Gasteiger partial charge >= 0.3 is 6.18 Å². The van der Waals surface area contributed by atoms with Gasteiger partial charge in [0.15, 0.2) is 0 Å². The summed E-state index contributed by atoms with van der Waals surface area (Å²) in [5.41, 5.74) is -0.291. The van der Waals surface area contributed by atoms with Crippen molar-refractivity contribution in [3.63, 3.8) is 0 Å². The van der Waals surface area contributed by atoms with E-state index in [1.54, 1.807) is 13.1 Å². The minimum Gasteiger partial charge on any atom is -0.370 e. The number of halogens is 3. The molecule has 9 heteroatoms. The fourth-order valence-corrected chi connectivity index (χ4v) is 3.79. The molecule has 4 rings (SSSR count). The Morgan fingerprint density at radius 3 is 2.19 bits per heavy atom. The Morgan fingerprint density at radius 1 is 1.00 bits per heavy atom. The Balaban J connectivity index is 1.43. The predicted octanol–water partition coefficient (Wildman–Crippen LogP) is 1.77. The van der Waals surface area contributed by atoms with Gasteiger partial charge in [-0.05, 0) is 18.2 Å². The van der Waals surface area contributed by atoms with Crippen LogP contribution in [0.1, 0.15) is 5.69 Å². The first kappa shape index (κ1) is 16.9. The Labute approximate surface area is 147 Å². The molecule has 6 nitrogen and oxygen atoms in total. The van der Waals surface area contributed by atoms with Gasteiger partial charge in [0.2, 0.25) is 0 Å².